The largest absolute Gasteiger partial charge is 0.493 e. The van der Waals surface area contributed by atoms with Gasteiger partial charge in [0.05, 0.1) is 21.3 Å². The first-order valence-corrected chi connectivity index (χ1v) is 10.9. The molecule has 0 bridgehead atoms. The standard InChI is InChI=1S/C28H29NO3/c1-30-26-18-21(19-27(31-2)28(26)32-3)13-16-25-10-6-9-24(29-25)15-12-20-11-14-22-7-4-5-8-23(22)17-20/h4-11,14,17-19H,12-13,15-16H2,1-3H3. The lowest BCUT2D eigenvalue weighted by molar-refractivity contribution is 0.324. The van der Waals surface area contributed by atoms with Gasteiger partial charge in [-0.3, -0.25) is 4.98 Å². The first-order valence-electron chi connectivity index (χ1n) is 10.9. The normalized spacial score (nSPS) is 10.8. The minimum absolute atomic E-state index is 0.618. The van der Waals surface area contributed by atoms with E-state index in [1.165, 1.54) is 16.3 Å². The molecule has 3 aromatic carbocycles. The van der Waals surface area contributed by atoms with Crippen molar-refractivity contribution in [3.8, 4) is 17.2 Å². The molecule has 0 radical (unpaired) electrons. The Morgan fingerprint density at radius 2 is 1.19 bits per heavy atom. The van der Waals surface area contributed by atoms with Crippen LogP contribution in [0.2, 0.25) is 0 Å². The number of hydrogen-bond donors (Lipinski definition) is 0. The van der Waals surface area contributed by atoms with E-state index in [0.717, 1.165) is 42.6 Å². The highest BCUT2D eigenvalue weighted by Crippen LogP contribution is 2.38. The topological polar surface area (TPSA) is 40.6 Å². The molecule has 0 saturated heterocycles. The van der Waals surface area contributed by atoms with Crippen LogP contribution in [0.3, 0.4) is 0 Å². The van der Waals surface area contributed by atoms with E-state index in [1.807, 2.05) is 12.1 Å². The second-order valence-electron chi connectivity index (χ2n) is 7.84. The summed E-state index contributed by atoms with van der Waals surface area (Å²) in [4.78, 5) is 4.90. The van der Waals surface area contributed by atoms with Gasteiger partial charge in [-0.1, -0.05) is 48.5 Å². The van der Waals surface area contributed by atoms with Crippen molar-refractivity contribution in [1.82, 2.24) is 4.98 Å². The van der Waals surface area contributed by atoms with Gasteiger partial charge in [0.2, 0.25) is 5.75 Å². The van der Waals surface area contributed by atoms with Crippen molar-refractivity contribution in [3.63, 3.8) is 0 Å². The summed E-state index contributed by atoms with van der Waals surface area (Å²) < 4.78 is 16.4. The van der Waals surface area contributed by atoms with Gasteiger partial charge in [-0.05, 0) is 71.8 Å². The molecule has 0 aliphatic heterocycles. The van der Waals surface area contributed by atoms with Crippen LogP contribution in [0.25, 0.3) is 10.8 Å². The highest BCUT2D eigenvalue weighted by atomic mass is 16.5. The van der Waals surface area contributed by atoms with Crippen LogP contribution in [0.1, 0.15) is 22.5 Å². The zero-order chi connectivity index (χ0) is 22.3. The summed E-state index contributed by atoms with van der Waals surface area (Å²) in [5, 5.41) is 2.57. The van der Waals surface area contributed by atoms with E-state index in [-0.39, 0.29) is 0 Å². The van der Waals surface area contributed by atoms with Crippen molar-refractivity contribution in [2.24, 2.45) is 0 Å². The Morgan fingerprint density at radius 3 is 1.81 bits per heavy atom. The molecule has 1 heterocycles. The molecular formula is C28H29NO3. The third-order valence-electron chi connectivity index (χ3n) is 5.74. The Balaban J connectivity index is 1.42. The van der Waals surface area contributed by atoms with Crippen LogP contribution in [-0.2, 0) is 25.7 Å². The van der Waals surface area contributed by atoms with Gasteiger partial charge >= 0.3 is 0 Å². The molecule has 0 amide bonds. The van der Waals surface area contributed by atoms with Crippen molar-refractivity contribution in [2.75, 3.05) is 21.3 Å². The molecule has 32 heavy (non-hydrogen) atoms. The van der Waals surface area contributed by atoms with Gasteiger partial charge in [-0.15, -0.1) is 0 Å². The van der Waals surface area contributed by atoms with Crippen LogP contribution < -0.4 is 14.2 Å². The van der Waals surface area contributed by atoms with Crippen LogP contribution in [-0.4, -0.2) is 26.3 Å². The van der Waals surface area contributed by atoms with Crippen LogP contribution in [0.4, 0.5) is 0 Å². The highest BCUT2D eigenvalue weighted by Gasteiger charge is 2.13. The van der Waals surface area contributed by atoms with E-state index < -0.39 is 0 Å². The summed E-state index contributed by atoms with van der Waals surface area (Å²) in [6, 6.07) is 25.5. The van der Waals surface area contributed by atoms with E-state index in [0.29, 0.717) is 17.2 Å². The van der Waals surface area contributed by atoms with Crippen LogP contribution in [0, 0.1) is 0 Å². The summed E-state index contributed by atoms with van der Waals surface area (Å²) in [5.41, 5.74) is 4.69. The smallest absolute Gasteiger partial charge is 0.203 e. The molecule has 164 valence electrons. The van der Waals surface area contributed by atoms with Gasteiger partial charge in [-0.25, -0.2) is 0 Å². The van der Waals surface area contributed by atoms with Crippen LogP contribution in [0.15, 0.2) is 72.8 Å². The Hall–Kier alpha value is -3.53. The lowest BCUT2D eigenvalue weighted by Gasteiger charge is -2.14. The second-order valence-corrected chi connectivity index (χ2v) is 7.84. The summed E-state index contributed by atoms with van der Waals surface area (Å²) in [5.74, 6) is 1.98. The minimum atomic E-state index is 0.618. The number of nitrogens with zero attached hydrogens (tertiary/aromatic N) is 1. The molecule has 0 fully saturated rings. The quantitative estimate of drug-likeness (QED) is 0.337. The number of aromatic nitrogens is 1. The van der Waals surface area contributed by atoms with Gasteiger partial charge in [0, 0.05) is 11.4 Å². The number of hydrogen-bond acceptors (Lipinski definition) is 4. The molecular weight excluding hydrogens is 398 g/mol. The van der Waals surface area contributed by atoms with Crippen molar-refractivity contribution in [2.45, 2.75) is 25.7 Å². The Labute approximate surface area is 189 Å². The number of fused-ring (bicyclic) bond motifs is 1. The van der Waals surface area contributed by atoms with E-state index in [2.05, 4.69) is 60.7 Å². The number of aryl methyl sites for hydroxylation is 4. The summed E-state index contributed by atoms with van der Waals surface area (Å²) in [6.07, 6.45) is 3.60. The molecule has 4 nitrogen and oxygen atoms in total. The summed E-state index contributed by atoms with van der Waals surface area (Å²) >= 11 is 0. The number of ether oxygens (including phenoxy) is 3. The van der Waals surface area contributed by atoms with Crippen LogP contribution >= 0.6 is 0 Å². The predicted molar refractivity (Wildman–Crippen MR) is 129 cm³/mol. The van der Waals surface area contributed by atoms with Crippen molar-refractivity contribution in [3.05, 3.63) is 95.3 Å². The molecule has 0 saturated carbocycles. The fourth-order valence-electron chi connectivity index (χ4n) is 4.03. The molecule has 1 aromatic heterocycles. The lowest BCUT2D eigenvalue weighted by atomic mass is 10.0. The van der Waals surface area contributed by atoms with Gasteiger partial charge in [-0.2, -0.15) is 0 Å². The third-order valence-corrected chi connectivity index (χ3v) is 5.74. The average Bonchev–Trinajstić information content (AvgIpc) is 2.85. The number of benzene rings is 3. The number of rotatable bonds is 9. The maximum atomic E-state index is 5.47. The van der Waals surface area contributed by atoms with Crippen molar-refractivity contribution < 1.29 is 14.2 Å². The van der Waals surface area contributed by atoms with Crippen molar-refractivity contribution >= 4 is 10.8 Å². The third kappa shape index (κ3) is 5.02. The molecule has 4 heteroatoms. The number of pyridine rings is 1. The SMILES string of the molecule is COc1cc(CCc2cccc(CCc3ccc4ccccc4c3)n2)cc(OC)c1OC. The fourth-order valence-corrected chi connectivity index (χ4v) is 4.03. The first-order chi connectivity index (χ1) is 15.7. The predicted octanol–water partition coefficient (Wildman–Crippen LogP) is 5.83. The molecule has 0 spiro atoms. The number of methoxy groups -OCH3 is 3. The Bertz CT molecular complexity index is 1180. The molecule has 0 unspecified atom stereocenters. The molecule has 0 N–H and O–H groups in total. The van der Waals surface area contributed by atoms with Crippen LogP contribution in [0.5, 0.6) is 17.2 Å². The average molecular weight is 428 g/mol. The van der Waals surface area contributed by atoms with E-state index in [4.69, 9.17) is 19.2 Å². The maximum Gasteiger partial charge on any atom is 0.203 e. The van der Waals surface area contributed by atoms with Gasteiger partial charge in [0.1, 0.15) is 0 Å². The fraction of sp³-hybridized carbons (Fsp3) is 0.250. The highest BCUT2D eigenvalue weighted by molar-refractivity contribution is 5.83. The van der Waals surface area contributed by atoms with Gasteiger partial charge < -0.3 is 14.2 Å². The van der Waals surface area contributed by atoms with Crippen molar-refractivity contribution in [1.29, 1.82) is 0 Å². The monoisotopic (exact) mass is 427 g/mol. The zero-order valence-electron chi connectivity index (χ0n) is 18.9. The minimum Gasteiger partial charge on any atom is -0.493 e. The maximum absolute atomic E-state index is 5.47. The van der Waals surface area contributed by atoms with Gasteiger partial charge in [0.15, 0.2) is 11.5 Å². The Morgan fingerprint density at radius 1 is 0.562 bits per heavy atom. The lowest BCUT2D eigenvalue weighted by Crippen LogP contribution is -2.01. The molecule has 0 aliphatic carbocycles. The molecule has 0 atom stereocenters. The van der Waals surface area contributed by atoms with Gasteiger partial charge in [0.25, 0.3) is 0 Å². The first kappa shape index (κ1) is 21.7. The molecule has 0 aliphatic rings. The molecule has 4 aromatic rings. The zero-order valence-corrected chi connectivity index (χ0v) is 18.9. The summed E-state index contributed by atoms with van der Waals surface area (Å²) in [7, 11) is 4.90. The second kappa shape index (κ2) is 10.2. The Kier molecular flexibility index (Phi) is 6.90. The van der Waals surface area contributed by atoms with E-state index in [1.54, 1.807) is 21.3 Å². The molecule has 4 rings (SSSR count). The summed E-state index contributed by atoms with van der Waals surface area (Å²) in [6.45, 7) is 0. The van der Waals surface area contributed by atoms with E-state index in [9.17, 15) is 0 Å². The van der Waals surface area contributed by atoms with E-state index >= 15 is 0 Å².